The molecular formula is C16H20BrN3O. The molecule has 112 valence electrons. The molecule has 0 bridgehead atoms. The second-order valence-corrected chi connectivity index (χ2v) is 6.35. The summed E-state index contributed by atoms with van der Waals surface area (Å²) in [5.41, 5.74) is 0. The van der Waals surface area contributed by atoms with E-state index in [1.807, 2.05) is 31.2 Å². The maximum Gasteiger partial charge on any atom is 0.242 e. The first kappa shape index (κ1) is 15.8. The molecule has 0 aliphatic carbocycles. The molecular weight excluding hydrogens is 330 g/mol. The summed E-state index contributed by atoms with van der Waals surface area (Å²) in [6.45, 7) is 6.66. The molecule has 0 aliphatic heterocycles. The molecule has 1 amide bonds. The Kier molecular flexibility index (Phi) is 5.17. The van der Waals surface area contributed by atoms with Crippen molar-refractivity contribution >= 4 is 38.4 Å². The van der Waals surface area contributed by atoms with Crippen LogP contribution in [0.25, 0.3) is 10.8 Å². The summed E-state index contributed by atoms with van der Waals surface area (Å²) < 4.78 is 1.02. The van der Waals surface area contributed by atoms with Crippen molar-refractivity contribution in [3.8, 4) is 0 Å². The van der Waals surface area contributed by atoms with E-state index in [9.17, 15) is 4.79 Å². The van der Waals surface area contributed by atoms with Crippen LogP contribution in [0.4, 0.5) is 5.82 Å². The number of anilines is 1. The highest BCUT2D eigenvalue weighted by molar-refractivity contribution is 9.10. The summed E-state index contributed by atoms with van der Waals surface area (Å²) in [6, 6.07) is 7.57. The molecule has 21 heavy (non-hydrogen) atoms. The van der Waals surface area contributed by atoms with Crippen LogP contribution >= 0.6 is 15.9 Å². The summed E-state index contributed by atoms with van der Waals surface area (Å²) in [4.78, 5) is 16.4. The average molecular weight is 350 g/mol. The van der Waals surface area contributed by atoms with Crippen LogP contribution in [0.3, 0.4) is 0 Å². The number of pyridine rings is 1. The Hall–Kier alpha value is -1.62. The monoisotopic (exact) mass is 349 g/mol. The van der Waals surface area contributed by atoms with Gasteiger partial charge in [-0.15, -0.1) is 0 Å². The van der Waals surface area contributed by atoms with E-state index in [1.165, 1.54) is 0 Å². The van der Waals surface area contributed by atoms with E-state index in [0.29, 0.717) is 12.5 Å². The second-order valence-electron chi connectivity index (χ2n) is 5.50. The van der Waals surface area contributed by atoms with Gasteiger partial charge in [-0.2, -0.15) is 0 Å². The number of fused-ring (bicyclic) bond motifs is 1. The molecule has 0 spiro atoms. The fourth-order valence-electron chi connectivity index (χ4n) is 2.01. The molecule has 0 saturated carbocycles. The van der Waals surface area contributed by atoms with Gasteiger partial charge in [0.25, 0.3) is 0 Å². The first-order valence-electron chi connectivity index (χ1n) is 7.06. The molecule has 2 N–H and O–H groups in total. The normalized spacial score (nSPS) is 12.4. The molecule has 4 nitrogen and oxygen atoms in total. The number of nitrogens with zero attached hydrogens (tertiary/aromatic N) is 1. The van der Waals surface area contributed by atoms with Crippen molar-refractivity contribution in [2.24, 2.45) is 5.92 Å². The summed E-state index contributed by atoms with van der Waals surface area (Å²) in [6.07, 6.45) is 1.74. The maximum absolute atomic E-state index is 12.0. The van der Waals surface area contributed by atoms with Crippen LogP contribution in [0.5, 0.6) is 0 Å². The van der Waals surface area contributed by atoms with E-state index in [4.69, 9.17) is 0 Å². The lowest BCUT2D eigenvalue weighted by molar-refractivity contribution is -0.121. The van der Waals surface area contributed by atoms with E-state index >= 15 is 0 Å². The molecule has 0 aliphatic rings. The number of aromatic nitrogens is 1. The molecule has 1 unspecified atom stereocenters. The van der Waals surface area contributed by atoms with Crippen LogP contribution in [0.15, 0.2) is 34.9 Å². The Labute approximate surface area is 133 Å². The van der Waals surface area contributed by atoms with Crippen LogP contribution < -0.4 is 10.6 Å². The lowest BCUT2D eigenvalue weighted by Crippen LogP contribution is -2.39. The topological polar surface area (TPSA) is 54.0 Å². The predicted molar refractivity (Wildman–Crippen MR) is 90.4 cm³/mol. The number of nitrogens with one attached hydrogen (secondary N) is 2. The van der Waals surface area contributed by atoms with Crippen LogP contribution in [0.2, 0.25) is 0 Å². The standard InChI is InChI=1S/C16H20BrN3O/c1-10(2)9-19-16(21)11(3)20-15-13-5-4-6-14(17)12(13)7-8-18-15/h4-8,10-11H,9H2,1-3H3,(H,18,20)(H,19,21). The van der Waals surface area contributed by atoms with Gasteiger partial charge in [-0.25, -0.2) is 4.98 Å². The Bertz CT molecular complexity index is 642. The largest absolute Gasteiger partial charge is 0.358 e. The number of carbonyl (C=O) groups excluding carboxylic acids is 1. The average Bonchev–Trinajstić information content (AvgIpc) is 2.45. The van der Waals surface area contributed by atoms with Crippen molar-refractivity contribution in [3.05, 3.63) is 34.9 Å². The first-order chi connectivity index (χ1) is 9.99. The Morgan fingerprint density at radius 1 is 1.24 bits per heavy atom. The van der Waals surface area contributed by atoms with E-state index in [1.54, 1.807) is 6.20 Å². The van der Waals surface area contributed by atoms with Crippen LogP contribution in [0, 0.1) is 5.92 Å². The highest BCUT2D eigenvalue weighted by Gasteiger charge is 2.14. The summed E-state index contributed by atoms with van der Waals surface area (Å²) in [5, 5.41) is 8.18. The zero-order valence-electron chi connectivity index (χ0n) is 12.5. The minimum atomic E-state index is -0.333. The van der Waals surface area contributed by atoms with Gasteiger partial charge in [0.15, 0.2) is 0 Å². The van der Waals surface area contributed by atoms with Gasteiger partial charge < -0.3 is 10.6 Å². The molecule has 0 fully saturated rings. The molecule has 1 aromatic heterocycles. The number of hydrogen-bond donors (Lipinski definition) is 2. The third-order valence-electron chi connectivity index (χ3n) is 3.18. The van der Waals surface area contributed by atoms with Crippen molar-refractivity contribution < 1.29 is 4.79 Å². The van der Waals surface area contributed by atoms with Crippen molar-refractivity contribution in [2.75, 3.05) is 11.9 Å². The van der Waals surface area contributed by atoms with Gasteiger partial charge in [0.2, 0.25) is 5.91 Å². The van der Waals surface area contributed by atoms with Crippen LogP contribution in [0.1, 0.15) is 20.8 Å². The lowest BCUT2D eigenvalue weighted by atomic mass is 10.1. The molecule has 1 heterocycles. The zero-order chi connectivity index (χ0) is 15.4. The predicted octanol–water partition coefficient (Wildman–Crippen LogP) is 3.57. The second kappa shape index (κ2) is 6.89. The molecule has 2 aromatic rings. The van der Waals surface area contributed by atoms with Gasteiger partial charge >= 0.3 is 0 Å². The highest BCUT2D eigenvalue weighted by Crippen LogP contribution is 2.27. The highest BCUT2D eigenvalue weighted by atomic mass is 79.9. The lowest BCUT2D eigenvalue weighted by Gasteiger charge is -2.17. The molecule has 5 heteroatoms. The molecule has 1 atom stereocenters. The Balaban J connectivity index is 2.16. The van der Waals surface area contributed by atoms with Gasteiger partial charge in [0.05, 0.1) is 0 Å². The molecule has 2 rings (SSSR count). The van der Waals surface area contributed by atoms with E-state index in [0.717, 1.165) is 21.1 Å². The molecule has 0 radical (unpaired) electrons. The molecule has 0 saturated heterocycles. The van der Waals surface area contributed by atoms with E-state index < -0.39 is 0 Å². The van der Waals surface area contributed by atoms with Crippen molar-refractivity contribution in [2.45, 2.75) is 26.8 Å². The fraction of sp³-hybridized carbons (Fsp3) is 0.375. The summed E-state index contributed by atoms with van der Waals surface area (Å²) in [7, 11) is 0. The van der Waals surface area contributed by atoms with E-state index in [2.05, 4.69) is 45.4 Å². The van der Waals surface area contributed by atoms with Gasteiger partial charge in [0.1, 0.15) is 11.9 Å². The smallest absolute Gasteiger partial charge is 0.242 e. The number of benzene rings is 1. The fourth-order valence-corrected chi connectivity index (χ4v) is 2.51. The van der Waals surface area contributed by atoms with E-state index in [-0.39, 0.29) is 11.9 Å². The number of rotatable bonds is 5. The van der Waals surface area contributed by atoms with Crippen molar-refractivity contribution in [1.82, 2.24) is 10.3 Å². The number of hydrogen-bond acceptors (Lipinski definition) is 3. The van der Waals surface area contributed by atoms with Crippen molar-refractivity contribution in [3.63, 3.8) is 0 Å². The van der Waals surface area contributed by atoms with Gasteiger partial charge in [0, 0.05) is 28.0 Å². The van der Waals surface area contributed by atoms with Crippen LogP contribution in [-0.4, -0.2) is 23.5 Å². The number of carbonyl (C=O) groups is 1. The number of halogens is 1. The zero-order valence-corrected chi connectivity index (χ0v) is 14.1. The summed E-state index contributed by atoms with van der Waals surface area (Å²) >= 11 is 3.53. The minimum absolute atomic E-state index is 0.0162. The minimum Gasteiger partial charge on any atom is -0.358 e. The molecule has 1 aromatic carbocycles. The Morgan fingerprint density at radius 3 is 2.71 bits per heavy atom. The van der Waals surface area contributed by atoms with Crippen molar-refractivity contribution in [1.29, 1.82) is 0 Å². The maximum atomic E-state index is 12.0. The quantitative estimate of drug-likeness (QED) is 0.867. The number of amides is 1. The van der Waals surface area contributed by atoms with Gasteiger partial charge in [-0.1, -0.05) is 41.9 Å². The van der Waals surface area contributed by atoms with Crippen LogP contribution in [-0.2, 0) is 4.79 Å². The van der Waals surface area contributed by atoms with Gasteiger partial charge in [-0.05, 0) is 25.0 Å². The summed E-state index contributed by atoms with van der Waals surface area (Å²) in [5.74, 6) is 1.14. The Morgan fingerprint density at radius 2 is 2.00 bits per heavy atom. The SMILES string of the molecule is CC(C)CNC(=O)C(C)Nc1nccc2c(Br)cccc12. The third-order valence-corrected chi connectivity index (χ3v) is 3.88. The third kappa shape index (κ3) is 3.94. The first-order valence-corrected chi connectivity index (χ1v) is 7.86. The van der Waals surface area contributed by atoms with Gasteiger partial charge in [-0.3, -0.25) is 4.79 Å².